The number of benzene rings is 2. The lowest BCUT2D eigenvalue weighted by atomic mass is 9.78. The Morgan fingerprint density at radius 2 is 1.72 bits per heavy atom. The van der Waals surface area contributed by atoms with Crippen molar-refractivity contribution in [1.82, 2.24) is 10.3 Å². The zero-order valence-electron chi connectivity index (χ0n) is 18.6. The molecule has 0 aliphatic heterocycles. The van der Waals surface area contributed by atoms with Gasteiger partial charge >= 0.3 is 0 Å². The number of ether oxygens (including phenoxy) is 2. The summed E-state index contributed by atoms with van der Waals surface area (Å²) in [5.41, 5.74) is 2.46. The van der Waals surface area contributed by atoms with Crippen molar-refractivity contribution in [2.24, 2.45) is 0 Å². The first-order valence-electron chi connectivity index (χ1n) is 10.9. The average Bonchev–Trinajstić information content (AvgIpc) is 3.33. The second-order valence-corrected chi connectivity index (χ2v) is 8.13. The van der Waals surface area contributed by atoms with Crippen LogP contribution in [0.25, 0.3) is 0 Å². The number of nitrogens with zero attached hydrogens (tertiary/aromatic N) is 1. The van der Waals surface area contributed by atoms with Gasteiger partial charge in [0.2, 0.25) is 0 Å². The second-order valence-electron chi connectivity index (χ2n) is 8.13. The van der Waals surface area contributed by atoms with E-state index >= 15 is 0 Å². The highest BCUT2D eigenvalue weighted by molar-refractivity contribution is 5.99. The van der Waals surface area contributed by atoms with E-state index in [1.54, 1.807) is 32.5 Å². The SMILES string of the molecule is COc1ccc(C2(CNC(=O)c3cccnc3Nc3ccccc3)CCCC2)cc1OC. The minimum Gasteiger partial charge on any atom is -0.493 e. The van der Waals surface area contributed by atoms with E-state index in [2.05, 4.69) is 21.7 Å². The van der Waals surface area contributed by atoms with Gasteiger partial charge in [-0.1, -0.05) is 37.1 Å². The van der Waals surface area contributed by atoms with Crippen LogP contribution in [0.2, 0.25) is 0 Å². The molecule has 0 saturated heterocycles. The van der Waals surface area contributed by atoms with Gasteiger partial charge in [0.25, 0.3) is 5.91 Å². The number of hydrogen-bond acceptors (Lipinski definition) is 5. The molecule has 0 atom stereocenters. The Morgan fingerprint density at radius 3 is 2.44 bits per heavy atom. The van der Waals surface area contributed by atoms with Gasteiger partial charge in [0.05, 0.1) is 19.8 Å². The third-order valence-corrected chi connectivity index (χ3v) is 6.23. The molecule has 1 aliphatic rings. The highest BCUT2D eigenvalue weighted by Gasteiger charge is 2.36. The van der Waals surface area contributed by atoms with Crippen molar-refractivity contribution < 1.29 is 14.3 Å². The van der Waals surface area contributed by atoms with Gasteiger partial charge in [0.1, 0.15) is 5.82 Å². The Labute approximate surface area is 189 Å². The third kappa shape index (κ3) is 4.54. The molecule has 3 aromatic rings. The Morgan fingerprint density at radius 1 is 0.969 bits per heavy atom. The Balaban J connectivity index is 1.54. The molecule has 4 rings (SSSR count). The molecule has 1 fully saturated rings. The molecule has 2 aromatic carbocycles. The van der Waals surface area contributed by atoms with Crippen LogP contribution in [0, 0.1) is 0 Å². The number of anilines is 2. The van der Waals surface area contributed by atoms with E-state index in [9.17, 15) is 4.79 Å². The highest BCUT2D eigenvalue weighted by atomic mass is 16.5. The monoisotopic (exact) mass is 431 g/mol. The van der Waals surface area contributed by atoms with Crippen LogP contribution < -0.4 is 20.1 Å². The van der Waals surface area contributed by atoms with Crippen molar-refractivity contribution >= 4 is 17.4 Å². The first-order chi connectivity index (χ1) is 15.6. The van der Waals surface area contributed by atoms with Crippen LogP contribution >= 0.6 is 0 Å². The first kappa shape index (κ1) is 21.7. The number of pyridine rings is 1. The fourth-order valence-electron chi connectivity index (χ4n) is 4.48. The maximum atomic E-state index is 13.2. The van der Waals surface area contributed by atoms with Crippen LogP contribution in [0.1, 0.15) is 41.6 Å². The standard InChI is InChI=1S/C26H29N3O3/c1-31-22-13-12-19(17-23(22)32-2)26(14-6-7-15-26)18-28-25(30)21-11-8-16-27-24(21)29-20-9-4-3-5-10-20/h3-5,8-13,16-17H,6-7,14-15,18H2,1-2H3,(H,27,29)(H,28,30). The number of amides is 1. The molecule has 0 spiro atoms. The van der Waals surface area contributed by atoms with Gasteiger partial charge in [-0.3, -0.25) is 4.79 Å². The van der Waals surface area contributed by atoms with Gasteiger partial charge in [-0.25, -0.2) is 4.98 Å². The fraction of sp³-hybridized carbons (Fsp3) is 0.308. The predicted octanol–water partition coefficient (Wildman–Crippen LogP) is 5.08. The van der Waals surface area contributed by atoms with Crippen LogP contribution in [0.5, 0.6) is 11.5 Å². The maximum absolute atomic E-state index is 13.2. The molecule has 6 heteroatoms. The van der Waals surface area contributed by atoms with Crippen molar-refractivity contribution in [1.29, 1.82) is 0 Å². The summed E-state index contributed by atoms with van der Waals surface area (Å²) in [6.07, 6.45) is 6.00. The first-order valence-corrected chi connectivity index (χ1v) is 10.9. The minimum atomic E-state index is -0.136. The smallest absolute Gasteiger partial charge is 0.255 e. The molecular weight excluding hydrogens is 402 g/mol. The molecule has 1 aliphatic carbocycles. The summed E-state index contributed by atoms with van der Waals surface area (Å²) < 4.78 is 10.9. The molecule has 6 nitrogen and oxygen atoms in total. The molecular formula is C26H29N3O3. The van der Waals surface area contributed by atoms with Crippen LogP contribution in [0.3, 0.4) is 0 Å². The lowest BCUT2D eigenvalue weighted by molar-refractivity contribution is 0.0943. The van der Waals surface area contributed by atoms with E-state index in [1.165, 1.54) is 5.56 Å². The lowest BCUT2D eigenvalue weighted by Gasteiger charge is -2.30. The van der Waals surface area contributed by atoms with Gasteiger partial charge in [-0.2, -0.15) is 0 Å². The van der Waals surface area contributed by atoms with Gasteiger partial charge < -0.3 is 20.1 Å². The predicted molar refractivity (Wildman–Crippen MR) is 126 cm³/mol. The minimum absolute atomic E-state index is 0.121. The maximum Gasteiger partial charge on any atom is 0.255 e. The number of hydrogen-bond donors (Lipinski definition) is 2. The van der Waals surface area contributed by atoms with E-state index in [4.69, 9.17) is 9.47 Å². The number of carbonyl (C=O) groups is 1. The third-order valence-electron chi connectivity index (χ3n) is 6.23. The number of rotatable bonds is 8. The summed E-state index contributed by atoms with van der Waals surface area (Å²) in [5, 5.41) is 6.43. The largest absolute Gasteiger partial charge is 0.493 e. The van der Waals surface area contributed by atoms with Crippen LogP contribution in [0.4, 0.5) is 11.5 Å². The molecule has 32 heavy (non-hydrogen) atoms. The zero-order chi connectivity index (χ0) is 22.4. The summed E-state index contributed by atoms with van der Waals surface area (Å²) in [7, 11) is 3.28. The molecule has 1 heterocycles. The summed E-state index contributed by atoms with van der Waals surface area (Å²) in [4.78, 5) is 17.6. The van der Waals surface area contributed by atoms with E-state index in [0.717, 1.165) is 31.4 Å². The van der Waals surface area contributed by atoms with Gasteiger partial charge in [0.15, 0.2) is 11.5 Å². The number of nitrogens with one attached hydrogen (secondary N) is 2. The molecule has 1 amide bonds. The Hall–Kier alpha value is -3.54. The molecule has 1 aromatic heterocycles. The van der Waals surface area contributed by atoms with E-state index in [-0.39, 0.29) is 11.3 Å². The van der Waals surface area contributed by atoms with Crippen molar-refractivity contribution in [3.05, 3.63) is 78.0 Å². The number of carbonyl (C=O) groups excluding carboxylic acids is 1. The van der Waals surface area contributed by atoms with Gasteiger partial charge in [-0.15, -0.1) is 0 Å². The topological polar surface area (TPSA) is 72.5 Å². The van der Waals surface area contributed by atoms with E-state index in [1.807, 2.05) is 42.5 Å². The fourth-order valence-corrected chi connectivity index (χ4v) is 4.48. The molecule has 0 radical (unpaired) electrons. The molecule has 0 bridgehead atoms. The lowest BCUT2D eigenvalue weighted by Crippen LogP contribution is -2.39. The number of aromatic nitrogens is 1. The van der Waals surface area contributed by atoms with Crippen molar-refractivity contribution in [3.63, 3.8) is 0 Å². The molecule has 0 unspecified atom stereocenters. The van der Waals surface area contributed by atoms with Gasteiger partial charge in [0, 0.05) is 23.8 Å². The summed E-state index contributed by atoms with van der Waals surface area (Å²) in [6, 6.07) is 19.4. The summed E-state index contributed by atoms with van der Waals surface area (Å²) in [5.74, 6) is 1.83. The van der Waals surface area contributed by atoms with Crippen LogP contribution in [-0.4, -0.2) is 31.7 Å². The Bertz CT molecular complexity index is 1060. The summed E-state index contributed by atoms with van der Waals surface area (Å²) >= 11 is 0. The van der Waals surface area contributed by atoms with Crippen LogP contribution in [-0.2, 0) is 5.41 Å². The van der Waals surface area contributed by atoms with E-state index < -0.39 is 0 Å². The Kier molecular flexibility index (Phi) is 6.59. The molecule has 2 N–H and O–H groups in total. The van der Waals surface area contributed by atoms with Crippen molar-refractivity contribution in [3.8, 4) is 11.5 Å². The number of methoxy groups -OCH3 is 2. The molecule has 1 saturated carbocycles. The van der Waals surface area contributed by atoms with Gasteiger partial charge in [-0.05, 0) is 54.8 Å². The zero-order valence-corrected chi connectivity index (χ0v) is 18.6. The van der Waals surface area contributed by atoms with E-state index in [0.29, 0.717) is 29.4 Å². The normalized spacial score (nSPS) is 14.6. The quantitative estimate of drug-likeness (QED) is 0.520. The van der Waals surface area contributed by atoms with Crippen molar-refractivity contribution in [2.45, 2.75) is 31.1 Å². The number of para-hydroxylation sites is 1. The highest BCUT2D eigenvalue weighted by Crippen LogP contribution is 2.43. The summed E-state index contributed by atoms with van der Waals surface area (Å²) in [6.45, 7) is 0.557. The van der Waals surface area contributed by atoms with Crippen LogP contribution in [0.15, 0.2) is 66.9 Å². The average molecular weight is 432 g/mol. The second kappa shape index (κ2) is 9.73. The van der Waals surface area contributed by atoms with Crippen molar-refractivity contribution in [2.75, 3.05) is 26.1 Å². The molecule has 166 valence electrons.